The molecule has 0 aliphatic carbocycles. The van der Waals surface area contributed by atoms with E-state index in [0.29, 0.717) is 11.7 Å². The lowest BCUT2D eigenvalue weighted by atomic mass is 9.86. The number of nitrogens with zero attached hydrogens (tertiary/aromatic N) is 2. The highest BCUT2D eigenvalue weighted by Crippen LogP contribution is 2.27. The molecule has 5 heteroatoms. The summed E-state index contributed by atoms with van der Waals surface area (Å²) in [6.07, 6.45) is 5.88. The number of aromatic nitrogens is 2. The Morgan fingerprint density at radius 2 is 2.05 bits per heavy atom. The maximum atomic E-state index is 10.7. The molecule has 1 aromatic rings. The van der Waals surface area contributed by atoms with Gasteiger partial charge < -0.3 is 9.63 Å². The summed E-state index contributed by atoms with van der Waals surface area (Å²) in [5.41, 5.74) is -0.0963. The molecule has 5 nitrogen and oxygen atoms in total. The van der Waals surface area contributed by atoms with Gasteiger partial charge in [0.25, 0.3) is 0 Å². The van der Waals surface area contributed by atoms with E-state index < -0.39 is 5.97 Å². The average molecular weight is 280 g/mol. The number of unbranched alkanes of at least 4 members (excludes halogenated alkanes) is 3. The molecule has 1 heterocycles. The summed E-state index contributed by atoms with van der Waals surface area (Å²) in [6.45, 7) is 9.82. The topological polar surface area (TPSA) is 76.2 Å². The van der Waals surface area contributed by atoms with Gasteiger partial charge in [-0.1, -0.05) is 58.2 Å². The fraction of sp³-hybridized carbons (Fsp3) is 0.667. The Labute approximate surface area is 120 Å². The number of carbonyl (C=O) groups is 1. The minimum atomic E-state index is -1.04. The van der Waals surface area contributed by atoms with Gasteiger partial charge in [-0.2, -0.15) is 4.98 Å². The molecule has 0 amide bonds. The Morgan fingerprint density at radius 3 is 2.65 bits per heavy atom. The molecule has 1 N–H and O–H groups in total. The summed E-state index contributed by atoms with van der Waals surface area (Å²) in [5, 5.41) is 12.8. The maximum absolute atomic E-state index is 10.7. The monoisotopic (exact) mass is 280 g/mol. The van der Waals surface area contributed by atoms with Gasteiger partial charge in [0, 0.05) is 11.0 Å². The van der Waals surface area contributed by atoms with E-state index in [2.05, 4.69) is 37.5 Å². The Hall–Kier alpha value is -1.65. The zero-order valence-corrected chi connectivity index (χ0v) is 12.6. The van der Waals surface area contributed by atoms with E-state index in [9.17, 15) is 4.79 Å². The first kappa shape index (κ1) is 16.4. The van der Waals surface area contributed by atoms with Crippen LogP contribution in [-0.2, 0) is 16.6 Å². The Balaban J connectivity index is 2.60. The van der Waals surface area contributed by atoms with Gasteiger partial charge in [-0.25, -0.2) is 4.79 Å². The molecule has 0 atom stereocenters. The van der Waals surface area contributed by atoms with Gasteiger partial charge in [-0.3, -0.25) is 0 Å². The van der Waals surface area contributed by atoms with Crippen molar-refractivity contribution < 1.29 is 14.4 Å². The van der Waals surface area contributed by atoms with Crippen molar-refractivity contribution in [3.05, 3.63) is 23.9 Å². The van der Waals surface area contributed by atoms with Crippen LogP contribution in [0.15, 0.2) is 16.7 Å². The molecule has 0 aromatic carbocycles. The predicted molar refractivity (Wildman–Crippen MR) is 76.6 cm³/mol. The highest BCUT2D eigenvalue weighted by molar-refractivity contribution is 5.86. The Bertz CT molecular complexity index is 463. The van der Waals surface area contributed by atoms with Crippen molar-refractivity contribution in [2.75, 3.05) is 0 Å². The van der Waals surface area contributed by atoms with Gasteiger partial charge in [0.05, 0.1) is 6.42 Å². The van der Waals surface area contributed by atoms with Gasteiger partial charge in [-0.15, -0.1) is 0 Å². The molecule has 0 spiro atoms. The first-order chi connectivity index (χ1) is 9.36. The van der Waals surface area contributed by atoms with Crippen LogP contribution in [-0.4, -0.2) is 21.2 Å². The average Bonchev–Trinajstić information content (AvgIpc) is 2.84. The van der Waals surface area contributed by atoms with Crippen molar-refractivity contribution in [3.8, 4) is 0 Å². The van der Waals surface area contributed by atoms with Gasteiger partial charge in [-0.05, 0) is 6.42 Å². The molecular weight excluding hydrogens is 256 g/mol. The van der Waals surface area contributed by atoms with Crippen molar-refractivity contribution in [3.63, 3.8) is 0 Å². The number of hydrogen-bond acceptors (Lipinski definition) is 4. The number of rotatable bonds is 9. The van der Waals surface area contributed by atoms with Crippen molar-refractivity contribution in [1.29, 1.82) is 0 Å². The zero-order valence-electron chi connectivity index (χ0n) is 12.6. The van der Waals surface area contributed by atoms with Crippen LogP contribution in [0.4, 0.5) is 0 Å². The van der Waals surface area contributed by atoms with E-state index in [-0.39, 0.29) is 17.4 Å². The molecule has 0 radical (unpaired) electrons. The van der Waals surface area contributed by atoms with Crippen LogP contribution in [0, 0.1) is 0 Å². The predicted octanol–water partition coefficient (Wildman–Crippen LogP) is 3.50. The van der Waals surface area contributed by atoms with E-state index in [1.807, 2.05) is 0 Å². The number of carboxylic acids is 1. The van der Waals surface area contributed by atoms with Crippen LogP contribution in [0.5, 0.6) is 0 Å². The third-order valence-electron chi connectivity index (χ3n) is 3.40. The van der Waals surface area contributed by atoms with Gasteiger partial charge in [0.2, 0.25) is 5.89 Å². The van der Waals surface area contributed by atoms with Gasteiger partial charge in [0.15, 0.2) is 5.82 Å². The van der Waals surface area contributed by atoms with E-state index in [1.165, 1.54) is 19.3 Å². The SMILES string of the molecule is C=C(Cc1nc(C(C)(C)CCCCCC)no1)C(=O)O. The molecule has 0 bridgehead atoms. The second kappa shape index (κ2) is 7.22. The quantitative estimate of drug-likeness (QED) is 0.553. The number of carboxylic acid groups (broad SMARTS) is 1. The first-order valence-electron chi connectivity index (χ1n) is 7.11. The summed E-state index contributed by atoms with van der Waals surface area (Å²) in [4.78, 5) is 15.0. The van der Waals surface area contributed by atoms with Crippen LogP contribution in [0.3, 0.4) is 0 Å². The molecule has 0 aliphatic heterocycles. The lowest BCUT2D eigenvalue weighted by Gasteiger charge is -2.19. The summed E-state index contributed by atoms with van der Waals surface area (Å²) in [5.74, 6) is -0.0835. The molecule has 0 unspecified atom stereocenters. The standard InChI is InChI=1S/C15H24N2O3/c1-5-6-7-8-9-15(3,4)14-16-12(20-17-14)10-11(2)13(18)19/h2,5-10H2,1,3-4H3,(H,18,19). The van der Waals surface area contributed by atoms with Crippen LogP contribution in [0.1, 0.15) is 64.6 Å². The number of aliphatic carboxylic acids is 1. The highest BCUT2D eigenvalue weighted by Gasteiger charge is 2.26. The minimum Gasteiger partial charge on any atom is -0.478 e. The molecular formula is C15H24N2O3. The van der Waals surface area contributed by atoms with E-state index in [4.69, 9.17) is 9.63 Å². The lowest BCUT2D eigenvalue weighted by molar-refractivity contribution is -0.132. The van der Waals surface area contributed by atoms with Crippen LogP contribution >= 0.6 is 0 Å². The lowest BCUT2D eigenvalue weighted by Crippen LogP contribution is -2.19. The van der Waals surface area contributed by atoms with E-state index in [0.717, 1.165) is 12.8 Å². The molecule has 1 rings (SSSR count). The third-order valence-corrected chi connectivity index (χ3v) is 3.40. The normalized spacial score (nSPS) is 11.6. The summed E-state index contributed by atoms with van der Waals surface area (Å²) in [7, 11) is 0. The fourth-order valence-electron chi connectivity index (χ4n) is 1.97. The Morgan fingerprint density at radius 1 is 1.35 bits per heavy atom. The smallest absolute Gasteiger partial charge is 0.331 e. The second-order valence-electron chi connectivity index (χ2n) is 5.79. The third kappa shape index (κ3) is 4.79. The van der Waals surface area contributed by atoms with Gasteiger partial charge >= 0.3 is 5.97 Å². The van der Waals surface area contributed by atoms with Crippen molar-refractivity contribution in [1.82, 2.24) is 10.1 Å². The van der Waals surface area contributed by atoms with E-state index >= 15 is 0 Å². The fourth-order valence-corrected chi connectivity index (χ4v) is 1.97. The van der Waals surface area contributed by atoms with Crippen molar-refractivity contribution >= 4 is 5.97 Å². The summed E-state index contributed by atoms with van der Waals surface area (Å²) >= 11 is 0. The first-order valence-corrected chi connectivity index (χ1v) is 7.11. The largest absolute Gasteiger partial charge is 0.478 e. The summed E-state index contributed by atoms with van der Waals surface area (Å²) in [6, 6.07) is 0. The zero-order chi connectivity index (χ0) is 15.2. The number of hydrogen-bond donors (Lipinski definition) is 1. The molecule has 112 valence electrons. The minimum absolute atomic E-state index is 0.0564. The molecule has 0 fully saturated rings. The second-order valence-corrected chi connectivity index (χ2v) is 5.79. The van der Waals surface area contributed by atoms with Crippen LogP contribution in [0.2, 0.25) is 0 Å². The molecule has 0 saturated heterocycles. The van der Waals surface area contributed by atoms with Crippen molar-refractivity contribution in [2.45, 2.75) is 64.7 Å². The molecule has 0 aliphatic rings. The molecule has 20 heavy (non-hydrogen) atoms. The molecule has 0 saturated carbocycles. The molecule has 1 aromatic heterocycles. The van der Waals surface area contributed by atoms with Crippen LogP contribution in [0.25, 0.3) is 0 Å². The summed E-state index contributed by atoms with van der Waals surface area (Å²) < 4.78 is 5.11. The van der Waals surface area contributed by atoms with Gasteiger partial charge in [0.1, 0.15) is 0 Å². The van der Waals surface area contributed by atoms with Crippen molar-refractivity contribution in [2.24, 2.45) is 0 Å². The Kier molecular flexibility index (Phi) is 5.92. The van der Waals surface area contributed by atoms with E-state index in [1.54, 1.807) is 0 Å². The maximum Gasteiger partial charge on any atom is 0.331 e. The highest BCUT2D eigenvalue weighted by atomic mass is 16.5. The van der Waals surface area contributed by atoms with Crippen LogP contribution < -0.4 is 0 Å².